The summed E-state index contributed by atoms with van der Waals surface area (Å²) in [7, 11) is 0. The van der Waals surface area contributed by atoms with Crippen molar-refractivity contribution < 1.29 is 23.3 Å². The minimum Gasteiger partial charge on any atom is -0.312 e. The second kappa shape index (κ2) is 7.47. The molecule has 0 aliphatic carbocycles. The predicted molar refractivity (Wildman–Crippen MR) is 105 cm³/mol. The summed E-state index contributed by atoms with van der Waals surface area (Å²) >= 11 is 0. The number of nitro benzene ring substituents is 1. The molecule has 0 bridgehead atoms. The predicted octanol–water partition coefficient (Wildman–Crippen LogP) is 3.51. The van der Waals surface area contributed by atoms with Gasteiger partial charge in [0.15, 0.2) is 0 Å². The number of hydrogen-bond acceptors (Lipinski definition) is 4. The molecule has 0 N–H and O–H groups in total. The van der Waals surface area contributed by atoms with E-state index in [4.69, 9.17) is 0 Å². The molecule has 1 fully saturated rings. The van der Waals surface area contributed by atoms with Crippen LogP contribution in [0.4, 0.5) is 25.8 Å². The van der Waals surface area contributed by atoms with Crippen LogP contribution in [0.1, 0.15) is 24.0 Å². The lowest BCUT2D eigenvalue weighted by Gasteiger charge is -2.33. The number of fused-ring (bicyclic) bond motifs is 1. The van der Waals surface area contributed by atoms with Crippen LogP contribution in [-0.4, -0.2) is 29.8 Å². The van der Waals surface area contributed by atoms with Crippen molar-refractivity contribution in [1.82, 2.24) is 0 Å². The maximum atomic E-state index is 13.8. The Balaban J connectivity index is 1.60. The van der Waals surface area contributed by atoms with E-state index >= 15 is 0 Å². The lowest BCUT2D eigenvalue weighted by Crippen LogP contribution is -2.41. The molecule has 2 aromatic carbocycles. The summed E-state index contributed by atoms with van der Waals surface area (Å²) in [6, 6.07) is 6.05. The molecule has 0 radical (unpaired) electrons. The molecule has 2 amide bonds. The monoisotopic (exact) mass is 415 g/mol. The lowest BCUT2D eigenvalue weighted by atomic mass is 9.96. The number of benzene rings is 2. The minimum absolute atomic E-state index is 0.0456. The Bertz CT molecular complexity index is 1070. The molecule has 2 heterocycles. The van der Waals surface area contributed by atoms with E-state index in [0.717, 1.165) is 17.7 Å². The number of amides is 2. The molecule has 0 spiro atoms. The maximum Gasteiger partial charge on any atom is 0.306 e. The molecule has 1 saturated heterocycles. The molecule has 7 nitrogen and oxygen atoms in total. The van der Waals surface area contributed by atoms with Crippen LogP contribution < -0.4 is 9.80 Å². The summed E-state index contributed by atoms with van der Waals surface area (Å²) in [5, 5.41) is 11.0. The Morgan fingerprint density at radius 2 is 2.00 bits per heavy atom. The van der Waals surface area contributed by atoms with E-state index in [2.05, 4.69) is 0 Å². The van der Waals surface area contributed by atoms with Crippen LogP contribution in [0.25, 0.3) is 0 Å². The zero-order valence-electron chi connectivity index (χ0n) is 16.2. The van der Waals surface area contributed by atoms with Crippen LogP contribution in [0.5, 0.6) is 0 Å². The Morgan fingerprint density at radius 1 is 1.23 bits per heavy atom. The molecule has 2 aromatic rings. The van der Waals surface area contributed by atoms with Crippen LogP contribution in [0, 0.1) is 34.6 Å². The second-order valence-corrected chi connectivity index (χ2v) is 7.62. The highest BCUT2D eigenvalue weighted by Gasteiger charge is 2.39. The van der Waals surface area contributed by atoms with Gasteiger partial charge in [0, 0.05) is 31.3 Å². The summed E-state index contributed by atoms with van der Waals surface area (Å²) in [5.41, 5.74) is 1.57. The Kier molecular flexibility index (Phi) is 4.97. The van der Waals surface area contributed by atoms with Crippen molar-refractivity contribution in [3.8, 4) is 0 Å². The van der Waals surface area contributed by atoms with Gasteiger partial charge in [-0.25, -0.2) is 4.39 Å². The fourth-order valence-corrected chi connectivity index (χ4v) is 4.29. The Hall–Kier alpha value is -3.36. The molecule has 4 rings (SSSR count). The first-order valence-corrected chi connectivity index (χ1v) is 9.61. The van der Waals surface area contributed by atoms with Crippen molar-refractivity contribution in [2.45, 2.75) is 26.2 Å². The molecule has 2 aliphatic heterocycles. The van der Waals surface area contributed by atoms with Crippen LogP contribution >= 0.6 is 0 Å². The molecule has 30 heavy (non-hydrogen) atoms. The normalized spacial score (nSPS) is 18.5. The van der Waals surface area contributed by atoms with E-state index < -0.39 is 22.3 Å². The topological polar surface area (TPSA) is 83.8 Å². The summed E-state index contributed by atoms with van der Waals surface area (Å²) in [5.74, 6) is -2.58. The number of carbonyl (C=O) groups is 2. The van der Waals surface area contributed by atoms with E-state index in [1.807, 2.05) is 0 Å². The van der Waals surface area contributed by atoms with Crippen molar-refractivity contribution in [3.63, 3.8) is 0 Å². The van der Waals surface area contributed by atoms with Gasteiger partial charge in [-0.2, -0.15) is 4.39 Å². The number of nitrogens with zero attached hydrogens (tertiary/aromatic N) is 3. The van der Waals surface area contributed by atoms with Crippen molar-refractivity contribution in [3.05, 3.63) is 63.2 Å². The van der Waals surface area contributed by atoms with Gasteiger partial charge in [0.25, 0.3) is 0 Å². The number of halogens is 2. The van der Waals surface area contributed by atoms with Gasteiger partial charge in [0.1, 0.15) is 5.82 Å². The van der Waals surface area contributed by atoms with Crippen LogP contribution in [0.15, 0.2) is 30.3 Å². The first-order valence-electron chi connectivity index (χ1n) is 9.61. The summed E-state index contributed by atoms with van der Waals surface area (Å²) < 4.78 is 27.4. The molecular weight excluding hydrogens is 396 g/mol. The average molecular weight is 415 g/mol. The molecule has 1 atom stereocenters. The first-order chi connectivity index (χ1) is 14.3. The van der Waals surface area contributed by atoms with Crippen molar-refractivity contribution in [1.29, 1.82) is 0 Å². The highest BCUT2D eigenvalue weighted by molar-refractivity contribution is 6.05. The SMILES string of the molecule is Cc1cc(F)cc2c1N(C(=O)C1CC(=O)N(c3ccc(F)c([N+](=O)[O-])c3)C1)CCC2. The van der Waals surface area contributed by atoms with Gasteiger partial charge in [0.05, 0.1) is 16.5 Å². The van der Waals surface area contributed by atoms with Gasteiger partial charge in [-0.15, -0.1) is 0 Å². The molecule has 9 heteroatoms. The second-order valence-electron chi connectivity index (χ2n) is 7.62. The van der Waals surface area contributed by atoms with Gasteiger partial charge in [-0.3, -0.25) is 19.7 Å². The number of carbonyl (C=O) groups excluding carboxylic acids is 2. The van der Waals surface area contributed by atoms with E-state index in [9.17, 15) is 28.5 Å². The largest absolute Gasteiger partial charge is 0.312 e. The quantitative estimate of drug-likeness (QED) is 0.567. The van der Waals surface area contributed by atoms with Crippen LogP contribution in [0.3, 0.4) is 0 Å². The Morgan fingerprint density at radius 3 is 2.73 bits per heavy atom. The fourth-order valence-electron chi connectivity index (χ4n) is 4.29. The number of hydrogen-bond donors (Lipinski definition) is 0. The standard InChI is InChI=1S/C21H19F2N3O4/c1-12-7-15(22)8-13-3-2-6-24(20(12)13)21(28)14-9-19(27)25(11-14)16-4-5-17(23)18(10-16)26(29)30/h4-5,7-8,10,14H,2-3,6,9,11H2,1H3. The van der Waals surface area contributed by atoms with E-state index in [1.165, 1.54) is 23.1 Å². The molecule has 2 aliphatic rings. The fraction of sp³-hybridized carbons (Fsp3) is 0.333. The molecular formula is C21H19F2N3O4. The summed E-state index contributed by atoms with van der Waals surface area (Å²) in [4.78, 5) is 38.8. The summed E-state index contributed by atoms with van der Waals surface area (Å²) in [6.07, 6.45) is 1.32. The number of nitro groups is 1. The highest BCUT2D eigenvalue weighted by atomic mass is 19.1. The van der Waals surface area contributed by atoms with E-state index in [1.54, 1.807) is 11.8 Å². The maximum absolute atomic E-state index is 13.8. The smallest absolute Gasteiger partial charge is 0.306 e. The highest BCUT2D eigenvalue weighted by Crippen LogP contribution is 2.35. The summed E-state index contributed by atoms with van der Waals surface area (Å²) in [6.45, 7) is 2.27. The van der Waals surface area contributed by atoms with Gasteiger partial charge >= 0.3 is 5.69 Å². The molecule has 1 unspecified atom stereocenters. The lowest BCUT2D eigenvalue weighted by molar-refractivity contribution is -0.387. The Labute approximate surface area is 171 Å². The number of anilines is 2. The molecule has 0 saturated carbocycles. The van der Waals surface area contributed by atoms with Crippen LogP contribution in [-0.2, 0) is 16.0 Å². The zero-order chi connectivity index (χ0) is 21.6. The van der Waals surface area contributed by atoms with Gasteiger partial charge in [-0.05, 0) is 55.2 Å². The van der Waals surface area contributed by atoms with Crippen molar-refractivity contribution >= 4 is 28.9 Å². The van der Waals surface area contributed by atoms with Gasteiger partial charge < -0.3 is 9.80 Å². The molecule has 0 aromatic heterocycles. The van der Waals surface area contributed by atoms with Gasteiger partial charge in [-0.1, -0.05) is 0 Å². The van der Waals surface area contributed by atoms with Crippen LogP contribution in [0.2, 0.25) is 0 Å². The zero-order valence-corrected chi connectivity index (χ0v) is 16.2. The van der Waals surface area contributed by atoms with Gasteiger partial charge in [0.2, 0.25) is 17.6 Å². The number of rotatable bonds is 3. The average Bonchev–Trinajstić information content (AvgIpc) is 3.08. The molecule has 156 valence electrons. The van der Waals surface area contributed by atoms with Crippen molar-refractivity contribution in [2.75, 3.05) is 22.9 Å². The van der Waals surface area contributed by atoms with E-state index in [0.29, 0.717) is 30.6 Å². The van der Waals surface area contributed by atoms with E-state index in [-0.39, 0.29) is 36.3 Å². The van der Waals surface area contributed by atoms with Crippen molar-refractivity contribution in [2.24, 2.45) is 5.92 Å². The minimum atomic E-state index is -0.990. The third-order valence-corrected chi connectivity index (χ3v) is 5.62. The number of aryl methyl sites for hydroxylation is 2. The first kappa shape index (κ1) is 19.9. The third kappa shape index (κ3) is 3.40. The third-order valence-electron chi connectivity index (χ3n) is 5.62.